The Labute approximate surface area is 149 Å². The second-order valence-electron chi connectivity index (χ2n) is 6.70. The molecule has 25 heavy (non-hydrogen) atoms. The Morgan fingerprint density at radius 2 is 1.72 bits per heavy atom. The van der Waals surface area contributed by atoms with Crippen LogP contribution in [-0.2, 0) is 4.74 Å². The van der Waals surface area contributed by atoms with Crippen LogP contribution in [0.4, 0.5) is 16.2 Å². The van der Waals surface area contributed by atoms with Crippen molar-refractivity contribution < 1.29 is 9.53 Å². The van der Waals surface area contributed by atoms with Gasteiger partial charge in [0, 0.05) is 17.9 Å². The Morgan fingerprint density at radius 3 is 2.44 bits per heavy atom. The number of para-hydroxylation sites is 2. The van der Waals surface area contributed by atoms with Gasteiger partial charge in [-0.3, -0.25) is 0 Å². The van der Waals surface area contributed by atoms with Gasteiger partial charge in [-0.2, -0.15) is 0 Å². The third kappa shape index (κ3) is 7.12. The highest BCUT2D eigenvalue weighted by Gasteiger charge is 2.15. The first kappa shape index (κ1) is 18.6. The lowest BCUT2D eigenvalue weighted by Crippen LogP contribution is -2.32. The molecule has 0 radical (unpaired) electrons. The number of carbonyl (C=O) groups excluding carboxylic acids is 1. The van der Waals surface area contributed by atoms with Gasteiger partial charge in [0.05, 0.1) is 0 Å². The molecule has 2 N–H and O–H groups in total. The van der Waals surface area contributed by atoms with Gasteiger partial charge >= 0.3 is 6.09 Å². The fraction of sp³-hybridized carbons (Fsp3) is 0.286. The number of hydrogen-bond acceptors (Lipinski definition) is 3. The minimum absolute atomic E-state index is 0.382. The highest BCUT2D eigenvalue weighted by molar-refractivity contribution is 5.72. The van der Waals surface area contributed by atoms with Crippen LogP contribution in [0.3, 0.4) is 0 Å². The summed E-state index contributed by atoms with van der Waals surface area (Å²) in [5.74, 6) is 0. The predicted molar refractivity (Wildman–Crippen MR) is 104 cm³/mol. The molecule has 2 aromatic carbocycles. The number of amides is 1. The topological polar surface area (TPSA) is 50.4 Å². The van der Waals surface area contributed by atoms with Crippen molar-refractivity contribution in [1.82, 2.24) is 5.32 Å². The number of nitrogens with one attached hydrogen (secondary N) is 2. The van der Waals surface area contributed by atoms with E-state index in [9.17, 15) is 4.79 Å². The second-order valence-corrected chi connectivity index (χ2v) is 6.70. The smallest absolute Gasteiger partial charge is 0.407 e. The zero-order chi connectivity index (χ0) is 18.1. The van der Waals surface area contributed by atoms with Crippen molar-refractivity contribution >= 4 is 23.5 Å². The van der Waals surface area contributed by atoms with Gasteiger partial charge in [0.25, 0.3) is 0 Å². The second kappa shape index (κ2) is 8.92. The molecule has 0 atom stereocenters. The standard InChI is InChI=1S/C21H26N2O2/c1-21(2,3)25-20(24)22-16-10-9-12-17-11-7-8-15-19(17)23-18-13-5-4-6-14-18/h4-9,11-15,23H,10,16H2,1-3H3,(H,22,24). The number of ether oxygens (including phenoxy) is 1. The molecule has 0 saturated carbocycles. The molecule has 4 heteroatoms. The van der Waals surface area contributed by atoms with Gasteiger partial charge < -0.3 is 15.4 Å². The van der Waals surface area contributed by atoms with E-state index in [2.05, 4.69) is 22.8 Å². The molecule has 0 aliphatic heterocycles. The number of hydrogen-bond donors (Lipinski definition) is 2. The van der Waals surface area contributed by atoms with E-state index in [-0.39, 0.29) is 6.09 Å². The molecule has 0 aliphatic rings. The average molecular weight is 338 g/mol. The molecule has 2 aromatic rings. The highest BCUT2D eigenvalue weighted by Crippen LogP contribution is 2.21. The van der Waals surface area contributed by atoms with E-state index in [1.54, 1.807) is 0 Å². The van der Waals surface area contributed by atoms with Crippen LogP contribution < -0.4 is 10.6 Å². The highest BCUT2D eigenvalue weighted by atomic mass is 16.6. The molecule has 4 nitrogen and oxygen atoms in total. The minimum Gasteiger partial charge on any atom is -0.444 e. The maximum Gasteiger partial charge on any atom is 0.407 e. The Morgan fingerprint density at radius 1 is 1.04 bits per heavy atom. The lowest BCUT2D eigenvalue weighted by molar-refractivity contribution is 0.0529. The fourth-order valence-corrected chi connectivity index (χ4v) is 2.22. The maximum absolute atomic E-state index is 11.6. The molecule has 132 valence electrons. The van der Waals surface area contributed by atoms with Gasteiger partial charge in [0.15, 0.2) is 0 Å². The zero-order valence-corrected chi connectivity index (χ0v) is 15.1. The minimum atomic E-state index is -0.470. The van der Waals surface area contributed by atoms with E-state index < -0.39 is 5.60 Å². The van der Waals surface area contributed by atoms with Crippen molar-refractivity contribution in [3.8, 4) is 0 Å². The summed E-state index contributed by atoms with van der Waals surface area (Å²) in [5.41, 5.74) is 2.73. The summed E-state index contributed by atoms with van der Waals surface area (Å²) in [6, 6.07) is 18.2. The predicted octanol–water partition coefficient (Wildman–Crippen LogP) is 5.36. The zero-order valence-electron chi connectivity index (χ0n) is 15.1. The lowest BCUT2D eigenvalue weighted by atomic mass is 10.1. The molecular weight excluding hydrogens is 312 g/mol. The number of carbonyl (C=O) groups is 1. The largest absolute Gasteiger partial charge is 0.444 e. The summed E-state index contributed by atoms with van der Waals surface area (Å²) < 4.78 is 5.20. The van der Waals surface area contributed by atoms with Crippen molar-refractivity contribution in [2.45, 2.75) is 32.8 Å². The number of benzene rings is 2. The van der Waals surface area contributed by atoms with Crippen molar-refractivity contribution in [2.75, 3.05) is 11.9 Å². The first-order chi connectivity index (χ1) is 11.9. The van der Waals surface area contributed by atoms with Gasteiger partial charge in [-0.1, -0.05) is 48.6 Å². The molecule has 0 aromatic heterocycles. The summed E-state index contributed by atoms with van der Waals surface area (Å²) in [7, 11) is 0. The van der Waals surface area contributed by atoms with Gasteiger partial charge in [0.2, 0.25) is 0 Å². The van der Waals surface area contributed by atoms with E-state index in [0.29, 0.717) is 6.54 Å². The molecule has 0 fully saturated rings. The van der Waals surface area contributed by atoms with Crippen molar-refractivity contribution in [3.63, 3.8) is 0 Å². The molecular formula is C21H26N2O2. The Bertz CT molecular complexity index is 703. The van der Waals surface area contributed by atoms with Crippen molar-refractivity contribution in [3.05, 3.63) is 66.2 Å². The normalized spacial score (nSPS) is 11.3. The fourth-order valence-electron chi connectivity index (χ4n) is 2.22. The third-order valence-electron chi connectivity index (χ3n) is 3.29. The number of rotatable bonds is 6. The molecule has 2 rings (SSSR count). The first-order valence-corrected chi connectivity index (χ1v) is 8.48. The summed E-state index contributed by atoms with van der Waals surface area (Å²) >= 11 is 0. The van der Waals surface area contributed by atoms with Gasteiger partial charge in [-0.25, -0.2) is 4.79 Å². The van der Waals surface area contributed by atoms with E-state index in [4.69, 9.17) is 4.74 Å². The number of alkyl carbamates (subject to hydrolysis) is 1. The quantitative estimate of drug-likeness (QED) is 0.697. The summed E-state index contributed by atoms with van der Waals surface area (Å²) in [4.78, 5) is 11.6. The van der Waals surface area contributed by atoms with Crippen molar-refractivity contribution in [1.29, 1.82) is 0 Å². The molecule has 0 unspecified atom stereocenters. The third-order valence-corrected chi connectivity index (χ3v) is 3.29. The van der Waals surface area contributed by atoms with E-state index in [0.717, 1.165) is 23.4 Å². The van der Waals surface area contributed by atoms with Crippen molar-refractivity contribution in [2.24, 2.45) is 0 Å². The molecule has 0 aliphatic carbocycles. The van der Waals surface area contributed by atoms with Crippen LogP contribution in [0.1, 0.15) is 32.8 Å². The maximum atomic E-state index is 11.6. The van der Waals surface area contributed by atoms with Crippen LogP contribution in [-0.4, -0.2) is 18.2 Å². The van der Waals surface area contributed by atoms with Crippen LogP contribution >= 0.6 is 0 Å². The molecule has 0 spiro atoms. The summed E-state index contributed by atoms with van der Waals surface area (Å²) in [5, 5.41) is 6.17. The van der Waals surface area contributed by atoms with Crippen LogP contribution in [0.15, 0.2) is 60.7 Å². The van der Waals surface area contributed by atoms with E-state index >= 15 is 0 Å². The molecule has 0 heterocycles. The summed E-state index contributed by atoms with van der Waals surface area (Å²) in [6.07, 6.45) is 4.45. The van der Waals surface area contributed by atoms with Gasteiger partial charge in [-0.05, 0) is 51.0 Å². The Balaban J connectivity index is 1.86. The average Bonchev–Trinajstić information content (AvgIpc) is 2.55. The van der Waals surface area contributed by atoms with Crippen LogP contribution in [0.2, 0.25) is 0 Å². The Kier molecular flexibility index (Phi) is 6.63. The number of anilines is 2. The monoisotopic (exact) mass is 338 g/mol. The molecule has 0 saturated heterocycles. The Hall–Kier alpha value is -2.75. The van der Waals surface area contributed by atoms with Crippen LogP contribution in [0.25, 0.3) is 6.08 Å². The van der Waals surface area contributed by atoms with Gasteiger partial charge in [-0.15, -0.1) is 0 Å². The van der Waals surface area contributed by atoms with E-state index in [1.807, 2.05) is 75.4 Å². The van der Waals surface area contributed by atoms with Crippen LogP contribution in [0, 0.1) is 0 Å². The first-order valence-electron chi connectivity index (χ1n) is 8.48. The van der Waals surface area contributed by atoms with Gasteiger partial charge in [0.1, 0.15) is 5.60 Å². The molecule has 0 bridgehead atoms. The summed E-state index contributed by atoms with van der Waals surface area (Å²) in [6.45, 7) is 6.09. The lowest BCUT2D eigenvalue weighted by Gasteiger charge is -2.19. The SMILES string of the molecule is CC(C)(C)OC(=O)NCCC=Cc1ccccc1Nc1ccccc1. The van der Waals surface area contributed by atoms with E-state index in [1.165, 1.54) is 0 Å². The van der Waals surface area contributed by atoms with Crippen LogP contribution in [0.5, 0.6) is 0 Å². The molecule has 1 amide bonds.